The summed E-state index contributed by atoms with van der Waals surface area (Å²) in [5.74, 6) is -0.387. The lowest BCUT2D eigenvalue weighted by Gasteiger charge is -2.38. The molecule has 182 valence electrons. The molecule has 0 aromatic heterocycles. The fraction of sp³-hybridized carbons (Fsp3) is 0.222. The summed E-state index contributed by atoms with van der Waals surface area (Å²) in [5.41, 5.74) is 1.44. The van der Waals surface area contributed by atoms with Crippen LogP contribution in [-0.4, -0.2) is 17.9 Å². The molecular weight excluding hydrogens is 469 g/mol. The van der Waals surface area contributed by atoms with E-state index in [9.17, 15) is 28.5 Å². The standard InChI is InChI=1S/C27H21F3N4O2/c1-3-26(2)24(20-5-4-6-23(15-20)36-27(28,29)30)33(21-11-7-18(16-31)8-12-21)25(35)34(26)22-13-9-19(17-32)10-14-22/h4-15,24H,3H2,1-2H3/t24?,26-/m1/s1. The van der Waals surface area contributed by atoms with Crippen LogP contribution in [0.15, 0.2) is 72.8 Å². The number of nitriles is 2. The van der Waals surface area contributed by atoms with Gasteiger partial charge in [0, 0.05) is 11.4 Å². The molecule has 2 amide bonds. The molecular formula is C27H21F3N4O2. The first-order valence-electron chi connectivity index (χ1n) is 11.1. The summed E-state index contributed by atoms with van der Waals surface area (Å²) in [6.45, 7) is 3.77. The highest BCUT2D eigenvalue weighted by molar-refractivity contribution is 6.08. The normalized spacial score (nSPS) is 19.6. The van der Waals surface area contributed by atoms with Crippen molar-refractivity contribution in [1.29, 1.82) is 10.5 Å². The van der Waals surface area contributed by atoms with Crippen LogP contribution in [-0.2, 0) is 0 Å². The van der Waals surface area contributed by atoms with Crippen LogP contribution in [0, 0.1) is 22.7 Å². The number of carbonyl (C=O) groups is 1. The molecule has 9 heteroatoms. The van der Waals surface area contributed by atoms with Gasteiger partial charge in [-0.1, -0.05) is 19.1 Å². The predicted molar refractivity (Wildman–Crippen MR) is 127 cm³/mol. The predicted octanol–water partition coefficient (Wildman–Crippen LogP) is 6.69. The topological polar surface area (TPSA) is 80.4 Å². The number of hydrogen-bond acceptors (Lipinski definition) is 4. The van der Waals surface area contributed by atoms with Crippen molar-refractivity contribution in [2.45, 2.75) is 38.2 Å². The number of urea groups is 1. The number of hydrogen-bond donors (Lipinski definition) is 0. The van der Waals surface area contributed by atoms with Crippen molar-refractivity contribution in [3.8, 4) is 17.9 Å². The number of alkyl halides is 3. The highest BCUT2D eigenvalue weighted by atomic mass is 19.4. The summed E-state index contributed by atoms with van der Waals surface area (Å²) in [5, 5.41) is 18.4. The first-order chi connectivity index (χ1) is 17.1. The minimum atomic E-state index is -4.86. The van der Waals surface area contributed by atoms with Gasteiger partial charge in [-0.15, -0.1) is 13.2 Å². The molecule has 1 saturated heterocycles. The van der Waals surface area contributed by atoms with E-state index in [4.69, 9.17) is 0 Å². The van der Waals surface area contributed by atoms with Gasteiger partial charge in [0.15, 0.2) is 0 Å². The molecule has 0 saturated carbocycles. The van der Waals surface area contributed by atoms with Crippen molar-refractivity contribution in [3.05, 3.63) is 89.5 Å². The number of halogens is 3. The summed E-state index contributed by atoms with van der Waals surface area (Å²) in [4.78, 5) is 17.1. The van der Waals surface area contributed by atoms with Gasteiger partial charge in [0.1, 0.15) is 5.75 Å². The average molecular weight is 490 g/mol. The van der Waals surface area contributed by atoms with Gasteiger partial charge in [-0.05, 0) is 79.6 Å². The Morgan fingerprint density at radius 2 is 1.50 bits per heavy atom. The number of amides is 2. The van der Waals surface area contributed by atoms with E-state index in [-0.39, 0.29) is 11.8 Å². The third-order valence-corrected chi connectivity index (χ3v) is 6.41. The van der Waals surface area contributed by atoms with Crippen molar-refractivity contribution in [2.24, 2.45) is 0 Å². The van der Waals surface area contributed by atoms with Gasteiger partial charge in [0.05, 0.1) is 34.8 Å². The lowest BCUT2D eigenvalue weighted by atomic mass is 9.83. The third-order valence-electron chi connectivity index (χ3n) is 6.41. The van der Waals surface area contributed by atoms with Crippen LogP contribution in [0.5, 0.6) is 5.75 Å². The van der Waals surface area contributed by atoms with Gasteiger partial charge in [-0.2, -0.15) is 10.5 Å². The van der Waals surface area contributed by atoms with Gasteiger partial charge in [0.2, 0.25) is 0 Å². The molecule has 1 aliphatic heterocycles. The molecule has 3 aromatic carbocycles. The zero-order valence-corrected chi connectivity index (χ0v) is 19.5. The van der Waals surface area contributed by atoms with E-state index >= 15 is 0 Å². The Morgan fingerprint density at radius 1 is 0.944 bits per heavy atom. The summed E-state index contributed by atoms with van der Waals surface area (Å²) in [7, 11) is 0. The van der Waals surface area contributed by atoms with Crippen molar-refractivity contribution in [2.75, 3.05) is 9.80 Å². The molecule has 6 nitrogen and oxygen atoms in total. The first kappa shape index (κ1) is 24.6. The van der Waals surface area contributed by atoms with E-state index in [1.54, 1.807) is 59.5 Å². The Bertz CT molecular complexity index is 1360. The Morgan fingerprint density at radius 3 is 2.00 bits per heavy atom. The molecule has 1 aliphatic rings. The summed E-state index contributed by atoms with van der Waals surface area (Å²) in [6.07, 6.45) is -4.40. The molecule has 0 aliphatic carbocycles. The Kier molecular flexibility index (Phi) is 6.34. The molecule has 0 N–H and O–H groups in total. The Hall–Kier alpha value is -4.50. The van der Waals surface area contributed by atoms with Gasteiger partial charge in [0.25, 0.3) is 0 Å². The molecule has 1 heterocycles. The number of benzene rings is 3. The maximum absolute atomic E-state index is 14.0. The van der Waals surface area contributed by atoms with Crippen LogP contribution in [0.25, 0.3) is 0 Å². The summed E-state index contributed by atoms with van der Waals surface area (Å²) >= 11 is 0. The highest BCUT2D eigenvalue weighted by Gasteiger charge is 2.55. The number of ether oxygens (including phenoxy) is 1. The van der Waals surface area contributed by atoms with E-state index < -0.39 is 17.9 Å². The second-order valence-corrected chi connectivity index (χ2v) is 8.54. The van der Waals surface area contributed by atoms with E-state index in [1.165, 1.54) is 23.1 Å². The molecule has 0 spiro atoms. The molecule has 1 unspecified atom stereocenters. The summed E-state index contributed by atoms with van der Waals surface area (Å²) in [6, 6.07) is 21.6. The highest BCUT2D eigenvalue weighted by Crippen LogP contribution is 2.50. The minimum absolute atomic E-state index is 0.387. The van der Waals surface area contributed by atoms with Crippen LogP contribution in [0.2, 0.25) is 0 Å². The Balaban J connectivity index is 1.90. The SMILES string of the molecule is CC[C@]1(C)C(c2cccc(OC(F)(F)F)c2)N(c2ccc(C#N)cc2)C(=O)N1c1ccc(C#N)cc1. The fourth-order valence-electron chi connectivity index (χ4n) is 4.62. The number of anilines is 2. The van der Waals surface area contributed by atoms with Crippen LogP contribution in [0.4, 0.5) is 29.3 Å². The van der Waals surface area contributed by atoms with Crippen molar-refractivity contribution < 1.29 is 22.7 Å². The number of nitrogens with zero attached hydrogens (tertiary/aromatic N) is 4. The quantitative estimate of drug-likeness (QED) is 0.399. The van der Waals surface area contributed by atoms with Gasteiger partial charge in [-0.25, -0.2) is 4.79 Å². The molecule has 0 radical (unpaired) electrons. The molecule has 0 bridgehead atoms. The monoisotopic (exact) mass is 490 g/mol. The zero-order valence-electron chi connectivity index (χ0n) is 19.5. The van der Waals surface area contributed by atoms with Crippen molar-refractivity contribution in [3.63, 3.8) is 0 Å². The number of rotatable bonds is 5. The molecule has 1 fully saturated rings. The second kappa shape index (κ2) is 9.27. The van der Waals surface area contributed by atoms with E-state index in [0.717, 1.165) is 0 Å². The van der Waals surface area contributed by atoms with E-state index in [0.29, 0.717) is 34.5 Å². The van der Waals surface area contributed by atoms with Gasteiger partial charge >= 0.3 is 12.4 Å². The lowest BCUT2D eigenvalue weighted by Crippen LogP contribution is -2.45. The molecule has 36 heavy (non-hydrogen) atoms. The average Bonchev–Trinajstić information content (AvgIpc) is 3.10. The maximum Gasteiger partial charge on any atom is 0.573 e. The fourth-order valence-corrected chi connectivity index (χ4v) is 4.62. The minimum Gasteiger partial charge on any atom is -0.406 e. The van der Waals surface area contributed by atoms with Crippen molar-refractivity contribution >= 4 is 17.4 Å². The third kappa shape index (κ3) is 4.44. The molecule has 3 aromatic rings. The van der Waals surface area contributed by atoms with Crippen molar-refractivity contribution in [1.82, 2.24) is 0 Å². The van der Waals surface area contributed by atoms with Gasteiger partial charge in [-0.3, -0.25) is 9.80 Å². The van der Waals surface area contributed by atoms with Crippen LogP contribution >= 0.6 is 0 Å². The molecule has 4 rings (SSSR count). The molecule has 2 atom stereocenters. The second-order valence-electron chi connectivity index (χ2n) is 8.54. The van der Waals surface area contributed by atoms with Crippen LogP contribution < -0.4 is 14.5 Å². The summed E-state index contributed by atoms with van der Waals surface area (Å²) < 4.78 is 43.0. The lowest BCUT2D eigenvalue weighted by molar-refractivity contribution is -0.274. The number of carbonyl (C=O) groups excluding carboxylic acids is 1. The van der Waals surface area contributed by atoms with Gasteiger partial charge < -0.3 is 4.74 Å². The smallest absolute Gasteiger partial charge is 0.406 e. The van der Waals surface area contributed by atoms with E-state index in [2.05, 4.69) is 4.74 Å². The largest absolute Gasteiger partial charge is 0.573 e. The zero-order chi connectivity index (χ0) is 26.1. The van der Waals surface area contributed by atoms with Crippen LogP contribution in [0.3, 0.4) is 0 Å². The first-order valence-corrected chi connectivity index (χ1v) is 11.1. The Labute approximate surface area is 206 Å². The van der Waals surface area contributed by atoms with Crippen LogP contribution in [0.1, 0.15) is 43.0 Å². The van der Waals surface area contributed by atoms with E-state index in [1.807, 2.05) is 26.0 Å². The maximum atomic E-state index is 14.0.